The number of rotatable bonds is 8. The summed E-state index contributed by atoms with van der Waals surface area (Å²) in [7, 11) is 1.64. The van der Waals surface area contributed by atoms with Gasteiger partial charge in [0.2, 0.25) is 5.89 Å². The van der Waals surface area contributed by atoms with E-state index in [-0.39, 0.29) is 5.56 Å². The van der Waals surface area contributed by atoms with Gasteiger partial charge in [0.05, 0.1) is 23.7 Å². The Bertz CT molecular complexity index is 1250. The number of fused-ring (bicyclic) bond motifs is 1. The Morgan fingerprint density at radius 1 is 1.10 bits per heavy atom. The Morgan fingerprint density at radius 2 is 1.87 bits per heavy atom. The fraction of sp³-hybridized carbons (Fsp3) is 0.292. The Labute approximate surface area is 185 Å². The van der Waals surface area contributed by atoms with Gasteiger partial charge in [0.15, 0.2) is 5.16 Å². The number of hydrogen-bond acceptors (Lipinski definition) is 6. The standard InChI is InChI=1S/C24H25N3O3S/c1-4-5-14-27-23(28)19-8-6-7-9-20(19)26-24(27)31-15-21-16(2)30-22(25-21)17-10-12-18(29-3)13-11-17/h6-13H,4-5,14-15H2,1-3H3. The van der Waals surface area contributed by atoms with Crippen LogP contribution in [0.2, 0.25) is 0 Å². The molecule has 0 aliphatic heterocycles. The smallest absolute Gasteiger partial charge is 0.262 e. The van der Waals surface area contributed by atoms with Gasteiger partial charge in [-0.15, -0.1) is 0 Å². The Hall–Kier alpha value is -3.06. The van der Waals surface area contributed by atoms with E-state index in [1.807, 2.05) is 55.5 Å². The number of hydrogen-bond donors (Lipinski definition) is 0. The second-order valence-electron chi connectivity index (χ2n) is 7.26. The molecule has 0 aliphatic carbocycles. The first-order valence-corrected chi connectivity index (χ1v) is 11.3. The van der Waals surface area contributed by atoms with Crippen LogP contribution in [0.15, 0.2) is 62.9 Å². The molecular weight excluding hydrogens is 410 g/mol. The molecule has 0 atom stereocenters. The van der Waals surface area contributed by atoms with E-state index < -0.39 is 0 Å². The summed E-state index contributed by atoms with van der Waals surface area (Å²) < 4.78 is 12.9. The SMILES string of the molecule is CCCCn1c(SCc2nc(-c3ccc(OC)cc3)oc2C)nc2ccccc2c1=O. The maximum absolute atomic E-state index is 13.0. The van der Waals surface area contributed by atoms with E-state index in [2.05, 4.69) is 11.9 Å². The van der Waals surface area contributed by atoms with Crippen LogP contribution < -0.4 is 10.3 Å². The molecule has 31 heavy (non-hydrogen) atoms. The van der Waals surface area contributed by atoms with Gasteiger partial charge in [-0.1, -0.05) is 37.2 Å². The van der Waals surface area contributed by atoms with Crippen molar-refractivity contribution in [2.24, 2.45) is 0 Å². The van der Waals surface area contributed by atoms with E-state index in [0.717, 1.165) is 41.1 Å². The van der Waals surface area contributed by atoms with Crippen molar-refractivity contribution in [2.45, 2.75) is 44.1 Å². The van der Waals surface area contributed by atoms with Crippen LogP contribution in [0.25, 0.3) is 22.4 Å². The number of nitrogens with zero attached hydrogens (tertiary/aromatic N) is 3. The first-order valence-electron chi connectivity index (χ1n) is 10.3. The minimum absolute atomic E-state index is 0.0114. The van der Waals surface area contributed by atoms with Gasteiger partial charge in [-0.2, -0.15) is 0 Å². The predicted molar refractivity (Wildman–Crippen MR) is 124 cm³/mol. The predicted octanol–water partition coefficient (Wildman–Crippen LogP) is 5.46. The number of methoxy groups -OCH3 is 1. The van der Waals surface area contributed by atoms with E-state index in [0.29, 0.717) is 28.7 Å². The lowest BCUT2D eigenvalue weighted by Gasteiger charge is -2.12. The zero-order valence-corrected chi connectivity index (χ0v) is 18.7. The van der Waals surface area contributed by atoms with Crippen molar-refractivity contribution in [3.63, 3.8) is 0 Å². The number of aryl methyl sites for hydroxylation is 1. The van der Waals surface area contributed by atoms with Crippen molar-refractivity contribution >= 4 is 22.7 Å². The third-order valence-electron chi connectivity index (χ3n) is 5.13. The molecule has 160 valence electrons. The molecule has 0 fully saturated rings. The van der Waals surface area contributed by atoms with E-state index in [4.69, 9.17) is 14.1 Å². The van der Waals surface area contributed by atoms with Crippen molar-refractivity contribution in [3.8, 4) is 17.2 Å². The molecule has 2 heterocycles. The fourth-order valence-electron chi connectivity index (χ4n) is 3.32. The number of unbranched alkanes of at least 4 members (excludes halogenated alkanes) is 1. The molecule has 0 saturated carbocycles. The van der Waals surface area contributed by atoms with Gasteiger partial charge in [-0.25, -0.2) is 9.97 Å². The molecule has 0 amide bonds. The van der Waals surface area contributed by atoms with Crippen LogP contribution in [-0.2, 0) is 12.3 Å². The molecule has 0 radical (unpaired) electrons. The summed E-state index contributed by atoms with van der Waals surface area (Å²) in [6.07, 6.45) is 1.94. The summed E-state index contributed by atoms with van der Waals surface area (Å²) in [6.45, 7) is 4.68. The molecule has 4 aromatic rings. The molecule has 0 aliphatic rings. The molecule has 0 unspecified atom stereocenters. The van der Waals surface area contributed by atoms with Crippen LogP contribution in [0.3, 0.4) is 0 Å². The van der Waals surface area contributed by atoms with Gasteiger partial charge in [-0.05, 0) is 49.7 Å². The van der Waals surface area contributed by atoms with Crippen molar-refractivity contribution < 1.29 is 9.15 Å². The molecule has 0 N–H and O–H groups in total. The average molecular weight is 436 g/mol. The Kier molecular flexibility index (Phi) is 6.42. The zero-order valence-electron chi connectivity index (χ0n) is 17.9. The highest BCUT2D eigenvalue weighted by atomic mass is 32.2. The zero-order chi connectivity index (χ0) is 21.8. The Morgan fingerprint density at radius 3 is 2.61 bits per heavy atom. The molecule has 4 rings (SSSR count). The summed E-state index contributed by atoms with van der Waals surface area (Å²) in [5.74, 6) is 2.70. The van der Waals surface area contributed by atoms with Gasteiger partial charge in [0.1, 0.15) is 11.5 Å². The lowest BCUT2D eigenvalue weighted by atomic mass is 10.2. The minimum atomic E-state index is 0.0114. The number of thioether (sulfide) groups is 1. The van der Waals surface area contributed by atoms with Crippen LogP contribution in [0, 0.1) is 6.92 Å². The van der Waals surface area contributed by atoms with Crippen LogP contribution in [0.4, 0.5) is 0 Å². The number of aromatic nitrogens is 3. The number of para-hydroxylation sites is 1. The van der Waals surface area contributed by atoms with Crippen LogP contribution >= 0.6 is 11.8 Å². The largest absolute Gasteiger partial charge is 0.497 e. The number of oxazole rings is 1. The average Bonchev–Trinajstić information content (AvgIpc) is 3.17. The maximum Gasteiger partial charge on any atom is 0.262 e. The summed E-state index contributed by atoms with van der Waals surface area (Å²) in [5, 5.41) is 1.37. The molecule has 6 nitrogen and oxygen atoms in total. The van der Waals surface area contributed by atoms with E-state index >= 15 is 0 Å². The number of benzene rings is 2. The topological polar surface area (TPSA) is 70.2 Å². The normalized spacial score (nSPS) is 11.2. The van der Waals surface area contributed by atoms with E-state index in [1.165, 1.54) is 11.8 Å². The summed E-state index contributed by atoms with van der Waals surface area (Å²) in [4.78, 5) is 22.5. The first kappa shape index (κ1) is 21.2. The highest BCUT2D eigenvalue weighted by Crippen LogP contribution is 2.28. The molecule has 0 spiro atoms. The fourth-order valence-corrected chi connectivity index (χ4v) is 4.35. The van der Waals surface area contributed by atoms with Crippen LogP contribution in [0.5, 0.6) is 5.75 Å². The van der Waals surface area contributed by atoms with Crippen molar-refractivity contribution in [2.75, 3.05) is 7.11 Å². The second kappa shape index (κ2) is 9.39. The second-order valence-corrected chi connectivity index (χ2v) is 8.20. The Balaban J connectivity index is 1.61. The van der Waals surface area contributed by atoms with Crippen LogP contribution in [0.1, 0.15) is 31.2 Å². The highest BCUT2D eigenvalue weighted by Gasteiger charge is 2.15. The molecule has 2 aromatic heterocycles. The van der Waals surface area contributed by atoms with Crippen molar-refractivity contribution in [3.05, 3.63) is 70.3 Å². The lowest BCUT2D eigenvalue weighted by molar-refractivity contribution is 0.415. The van der Waals surface area contributed by atoms with Gasteiger partial charge in [-0.3, -0.25) is 9.36 Å². The third kappa shape index (κ3) is 4.51. The van der Waals surface area contributed by atoms with Crippen LogP contribution in [-0.4, -0.2) is 21.6 Å². The van der Waals surface area contributed by atoms with Gasteiger partial charge < -0.3 is 9.15 Å². The number of ether oxygens (including phenoxy) is 1. The highest BCUT2D eigenvalue weighted by molar-refractivity contribution is 7.98. The van der Waals surface area contributed by atoms with E-state index in [1.54, 1.807) is 11.7 Å². The van der Waals surface area contributed by atoms with Crippen molar-refractivity contribution in [1.29, 1.82) is 0 Å². The first-order chi connectivity index (χ1) is 15.1. The quantitative estimate of drug-likeness (QED) is 0.270. The molecule has 2 aromatic carbocycles. The monoisotopic (exact) mass is 435 g/mol. The molecule has 0 saturated heterocycles. The minimum Gasteiger partial charge on any atom is -0.497 e. The van der Waals surface area contributed by atoms with Gasteiger partial charge in [0.25, 0.3) is 5.56 Å². The maximum atomic E-state index is 13.0. The van der Waals surface area contributed by atoms with Crippen molar-refractivity contribution in [1.82, 2.24) is 14.5 Å². The third-order valence-corrected chi connectivity index (χ3v) is 6.12. The molecule has 0 bridgehead atoms. The van der Waals surface area contributed by atoms with Gasteiger partial charge >= 0.3 is 0 Å². The summed E-state index contributed by atoms with van der Waals surface area (Å²) in [5.41, 5.74) is 2.47. The summed E-state index contributed by atoms with van der Waals surface area (Å²) in [6, 6.07) is 15.1. The van der Waals surface area contributed by atoms with Gasteiger partial charge in [0, 0.05) is 17.9 Å². The summed E-state index contributed by atoms with van der Waals surface area (Å²) >= 11 is 1.52. The molecular formula is C24H25N3O3S. The lowest BCUT2D eigenvalue weighted by Crippen LogP contribution is -2.23. The van der Waals surface area contributed by atoms with E-state index in [9.17, 15) is 4.79 Å². The molecule has 7 heteroatoms.